The molecule has 2 rings (SSSR count). The summed E-state index contributed by atoms with van der Waals surface area (Å²) in [6.07, 6.45) is -1.98. The maximum atomic E-state index is 12.9. The average Bonchev–Trinajstić information content (AvgIpc) is 2.82. The summed E-state index contributed by atoms with van der Waals surface area (Å²) in [6.45, 7) is -1.01. The van der Waals surface area contributed by atoms with Gasteiger partial charge in [0, 0.05) is 26.1 Å². The zero-order chi connectivity index (χ0) is 17.2. The molecule has 130 valence electrons. The molecule has 2 fully saturated rings. The third-order valence-electron chi connectivity index (χ3n) is 4.41. The minimum Gasteiger partial charge on any atom is -0.481 e. The molecule has 2 atom stereocenters. The lowest BCUT2D eigenvalue weighted by Gasteiger charge is -2.24. The zero-order valence-electron chi connectivity index (χ0n) is 12.5. The summed E-state index contributed by atoms with van der Waals surface area (Å²) in [5.41, 5.74) is 0. The molecule has 0 spiro atoms. The quantitative estimate of drug-likeness (QED) is 0.837. The number of nitrogens with zero attached hydrogens (tertiary/aromatic N) is 2. The summed E-state index contributed by atoms with van der Waals surface area (Å²) in [6, 6.07) is 0. The normalized spacial score (nSPS) is 26.3. The second-order valence-electron chi connectivity index (χ2n) is 6.02. The second kappa shape index (κ2) is 6.76. The molecule has 9 heteroatoms. The van der Waals surface area contributed by atoms with Gasteiger partial charge in [0.1, 0.15) is 0 Å². The van der Waals surface area contributed by atoms with Crippen LogP contribution in [-0.2, 0) is 14.4 Å². The number of aliphatic carboxylic acids is 1. The van der Waals surface area contributed by atoms with Crippen molar-refractivity contribution in [2.24, 2.45) is 11.8 Å². The molecule has 0 aromatic carbocycles. The molecular formula is C14H19F3N2O4. The Morgan fingerprint density at radius 3 is 2.43 bits per heavy atom. The molecule has 0 bridgehead atoms. The SMILES string of the molecule is O=C(O)[C@@H]1CN(C(=O)CN2CCCCCC2=O)C[C@H]1C(F)(F)F. The van der Waals surface area contributed by atoms with Crippen molar-refractivity contribution in [3.05, 3.63) is 0 Å². The van der Waals surface area contributed by atoms with Gasteiger partial charge in [-0.1, -0.05) is 6.42 Å². The number of carbonyl (C=O) groups is 3. The van der Waals surface area contributed by atoms with Gasteiger partial charge in [-0.15, -0.1) is 0 Å². The molecule has 0 aromatic heterocycles. The fraction of sp³-hybridized carbons (Fsp3) is 0.786. The van der Waals surface area contributed by atoms with Crippen LogP contribution in [0.4, 0.5) is 13.2 Å². The van der Waals surface area contributed by atoms with Crippen LogP contribution in [0.15, 0.2) is 0 Å². The molecule has 1 N–H and O–H groups in total. The monoisotopic (exact) mass is 336 g/mol. The molecule has 0 saturated carbocycles. The van der Waals surface area contributed by atoms with Crippen LogP contribution in [0, 0.1) is 11.8 Å². The third kappa shape index (κ3) is 4.14. The Kier molecular flexibility index (Phi) is 5.16. The van der Waals surface area contributed by atoms with E-state index in [0.717, 1.165) is 24.2 Å². The lowest BCUT2D eigenvalue weighted by atomic mass is 9.96. The highest BCUT2D eigenvalue weighted by molar-refractivity contribution is 5.85. The first-order valence-corrected chi connectivity index (χ1v) is 7.55. The number of amides is 2. The Hall–Kier alpha value is -1.80. The number of halogens is 3. The predicted molar refractivity (Wildman–Crippen MR) is 72.3 cm³/mol. The van der Waals surface area contributed by atoms with Gasteiger partial charge in [-0.25, -0.2) is 0 Å². The summed E-state index contributed by atoms with van der Waals surface area (Å²) in [5.74, 6) is -6.09. The number of alkyl halides is 3. The molecule has 2 aliphatic rings. The van der Waals surface area contributed by atoms with Gasteiger partial charge in [-0.05, 0) is 12.8 Å². The highest BCUT2D eigenvalue weighted by Crippen LogP contribution is 2.37. The fourth-order valence-electron chi connectivity index (χ4n) is 3.06. The number of hydrogen-bond acceptors (Lipinski definition) is 3. The smallest absolute Gasteiger partial charge is 0.394 e. The first-order chi connectivity index (χ1) is 10.7. The number of carboxylic acids is 1. The van der Waals surface area contributed by atoms with Crippen LogP contribution in [0.3, 0.4) is 0 Å². The number of rotatable bonds is 3. The molecule has 0 radical (unpaired) electrons. The Morgan fingerprint density at radius 1 is 1.17 bits per heavy atom. The van der Waals surface area contributed by atoms with E-state index in [-0.39, 0.29) is 12.5 Å². The topological polar surface area (TPSA) is 77.9 Å². The van der Waals surface area contributed by atoms with E-state index in [9.17, 15) is 27.6 Å². The van der Waals surface area contributed by atoms with Crippen molar-refractivity contribution in [3.8, 4) is 0 Å². The van der Waals surface area contributed by atoms with Crippen LogP contribution >= 0.6 is 0 Å². The molecule has 23 heavy (non-hydrogen) atoms. The predicted octanol–water partition coefficient (Wildman–Crippen LogP) is 1.11. The number of likely N-dealkylation sites (tertiary alicyclic amines) is 2. The van der Waals surface area contributed by atoms with Crippen LogP contribution in [0.5, 0.6) is 0 Å². The maximum absolute atomic E-state index is 12.9. The highest BCUT2D eigenvalue weighted by atomic mass is 19.4. The number of hydrogen-bond donors (Lipinski definition) is 1. The first-order valence-electron chi connectivity index (χ1n) is 7.55. The van der Waals surface area contributed by atoms with Crippen LogP contribution in [0.2, 0.25) is 0 Å². The molecule has 2 saturated heterocycles. The van der Waals surface area contributed by atoms with Gasteiger partial charge in [0.15, 0.2) is 0 Å². The van der Waals surface area contributed by atoms with Crippen LogP contribution in [0.1, 0.15) is 25.7 Å². The molecule has 2 heterocycles. The van der Waals surface area contributed by atoms with Gasteiger partial charge >= 0.3 is 12.1 Å². The largest absolute Gasteiger partial charge is 0.481 e. The average molecular weight is 336 g/mol. The summed E-state index contributed by atoms with van der Waals surface area (Å²) in [5, 5.41) is 8.94. The molecular weight excluding hydrogens is 317 g/mol. The van der Waals surface area contributed by atoms with Crippen molar-refractivity contribution < 1.29 is 32.7 Å². The van der Waals surface area contributed by atoms with E-state index < -0.39 is 43.0 Å². The molecule has 0 aromatic rings. The Labute approximate surface area is 131 Å². The van der Waals surface area contributed by atoms with Crippen molar-refractivity contribution in [2.45, 2.75) is 31.9 Å². The molecule has 0 aliphatic carbocycles. The Balaban J connectivity index is 2.02. The van der Waals surface area contributed by atoms with Crippen molar-refractivity contribution in [3.63, 3.8) is 0 Å². The second-order valence-corrected chi connectivity index (χ2v) is 6.02. The van der Waals surface area contributed by atoms with Crippen molar-refractivity contribution in [1.82, 2.24) is 9.80 Å². The lowest BCUT2D eigenvalue weighted by Crippen LogP contribution is -2.42. The lowest BCUT2D eigenvalue weighted by molar-refractivity contribution is -0.188. The van der Waals surface area contributed by atoms with E-state index >= 15 is 0 Å². The van der Waals surface area contributed by atoms with Crippen LogP contribution < -0.4 is 0 Å². The first kappa shape index (κ1) is 17.6. The summed E-state index contributed by atoms with van der Waals surface area (Å²) >= 11 is 0. The van der Waals surface area contributed by atoms with Gasteiger partial charge in [-0.2, -0.15) is 13.2 Å². The van der Waals surface area contributed by atoms with E-state index in [2.05, 4.69) is 0 Å². The van der Waals surface area contributed by atoms with E-state index in [0.29, 0.717) is 13.0 Å². The zero-order valence-corrected chi connectivity index (χ0v) is 12.5. The number of carbonyl (C=O) groups excluding carboxylic acids is 2. The molecule has 6 nitrogen and oxygen atoms in total. The minimum atomic E-state index is -4.67. The van der Waals surface area contributed by atoms with Crippen molar-refractivity contribution >= 4 is 17.8 Å². The van der Waals surface area contributed by atoms with E-state index in [1.54, 1.807) is 0 Å². The summed E-state index contributed by atoms with van der Waals surface area (Å²) < 4.78 is 38.7. The Bertz CT molecular complexity index is 495. The van der Waals surface area contributed by atoms with Gasteiger partial charge in [-0.3, -0.25) is 14.4 Å². The third-order valence-corrected chi connectivity index (χ3v) is 4.41. The maximum Gasteiger partial charge on any atom is 0.394 e. The molecule has 2 amide bonds. The van der Waals surface area contributed by atoms with Crippen molar-refractivity contribution in [1.29, 1.82) is 0 Å². The van der Waals surface area contributed by atoms with Gasteiger partial charge < -0.3 is 14.9 Å². The molecule has 0 unspecified atom stereocenters. The summed E-state index contributed by atoms with van der Waals surface area (Å²) in [7, 11) is 0. The van der Waals surface area contributed by atoms with Gasteiger partial charge in [0.05, 0.1) is 18.4 Å². The van der Waals surface area contributed by atoms with Crippen LogP contribution in [0.25, 0.3) is 0 Å². The Morgan fingerprint density at radius 2 is 1.87 bits per heavy atom. The highest BCUT2D eigenvalue weighted by Gasteiger charge is 2.53. The number of carboxylic acid groups (broad SMARTS) is 1. The standard InChI is InChI=1S/C14H19F3N2O4/c15-14(16,17)10-7-19(6-9(10)13(22)23)12(21)8-18-5-3-1-2-4-11(18)20/h9-10H,1-8H2,(H,22,23)/t9-,10-/m1/s1. The fourth-order valence-corrected chi connectivity index (χ4v) is 3.06. The van der Waals surface area contributed by atoms with Gasteiger partial charge in [0.25, 0.3) is 0 Å². The van der Waals surface area contributed by atoms with E-state index in [1.165, 1.54) is 4.90 Å². The van der Waals surface area contributed by atoms with Gasteiger partial charge in [0.2, 0.25) is 11.8 Å². The van der Waals surface area contributed by atoms with E-state index in [4.69, 9.17) is 5.11 Å². The van der Waals surface area contributed by atoms with Crippen LogP contribution in [-0.4, -0.2) is 65.0 Å². The molecule has 2 aliphatic heterocycles. The summed E-state index contributed by atoms with van der Waals surface area (Å²) in [4.78, 5) is 37.3. The van der Waals surface area contributed by atoms with E-state index in [1.807, 2.05) is 0 Å². The van der Waals surface area contributed by atoms with Crippen molar-refractivity contribution in [2.75, 3.05) is 26.2 Å². The minimum absolute atomic E-state index is 0.183.